The molecule has 0 radical (unpaired) electrons. The lowest BCUT2D eigenvalue weighted by atomic mass is 9.84. The summed E-state index contributed by atoms with van der Waals surface area (Å²) in [6.45, 7) is 1.82. The van der Waals surface area contributed by atoms with Crippen LogP contribution in [-0.4, -0.2) is 12.2 Å². The Morgan fingerprint density at radius 2 is 1.95 bits per heavy atom. The maximum Gasteiger partial charge on any atom is 0.129 e. The van der Waals surface area contributed by atoms with E-state index in [4.69, 9.17) is 16.3 Å². The number of methoxy groups -OCH3 is 1. The average Bonchev–Trinajstić information content (AvgIpc) is 2.48. The molecule has 0 saturated carbocycles. The first-order valence-electron chi connectivity index (χ1n) is 6.80. The Hall–Kier alpha value is -1.58. The van der Waals surface area contributed by atoms with Crippen molar-refractivity contribution >= 4 is 11.6 Å². The quantitative estimate of drug-likeness (QED) is 0.891. The number of aliphatic hydroxyl groups is 1. The van der Waals surface area contributed by atoms with Gasteiger partial charge in [-0.05, 0) is 36.2 Å². The zero-order valence-corrected chi connectivity index (χ0v) is 12.8. The van der Waals surface area contributed by atoms with Gasteiger partial charge < -0.3 is 9.84 Å². The molecule has 21 heavy (non-hydrogen) atoms. The Labute approximate surface area is 129 Å². The van der Waals surface area contributed by atoms with Crippen LogP contribution >= 0.6 is 11.6 Å². The highest BCUT2D eigenvalue weighted by atomic mass is 35.5. The maximum absolute atomic E-state index is 14.0. The molecule has 2 aromatic carbocycles. The lowest BCUT2D eigenvalue weighted by Gasteiger charge is -2.28. The predicted octanol–water partition coefficient (Wildman–Crippen LogP) is 4.33. The highest BCUT2D eigenvalue weighted by Gasteiger charge is 2.31. The van der Waals surface area contributed by atoms with Crippen LogP contribution in [0.2, 0.25) is 5.02 Å². The van der Waals surface area contributed by atoms with Gasteiger partial charge in [-0.2, -0.15) is 0 Å². The molecule has 2 aromatic rings. The van der Waals surface area contributed by atoms with Crippen molar-refractivity contribution in [2.24, 2.45) is 0 Å². The molecule has 2 rings (SSSR count). The van der Waals surface area contributed by atoms with E-state index < -0.39 is 11.4 Å². The Bertz CT molecular complexity index is 630. The molecule has 0 aromatic heterocycles. The van der Waals surface area contributed by atoms with Crippen molar-refractivity contribution in [3.05, 3.63) is 64.4 Å². The van der Waals surface area contributed by atoms with Crippen molar-refractivity contribution in [3.8, 4) is 5.75 Å². The molecular weight excluding hydrogens is 291 g/mol. The molecule has 0 aliphatic rings. The number of rotatable bonds is 5. The molecule has 0 bridgehead atoms. The van der Waals surface area contributed by atoms with E-state index in [0.717, 1.165) is 5.56 Å². The van der Waals surface area contributed by atoms with E-state index in [1.807, 2.05) is 6.92 Å². The molecule has 4 heteroatoms. The van der Waals surface area contributed by atoms with Crippen LogP contribution < -0.4 is 4.74 Å². The van der Waals surface area contributed by atoms with Crippen molar-refractivity contribution in [2.45, 2.75) is 25.4 Å². The molecule has 0 spiro atoms. The van der Waals surface area contributed by atoms with E-state index in [9.17, 15) is 9.50 Å². The summed E-state index contributed by atoms with van der Waals surface area (Å²) in [6, 6.07) is 11.5. The van der Waals surface area contributed by atoms with E-state index in [2.05, 4.69) is 0 Å². The molecule has 0 heterocycles. The molecule has 1 unspecified atom stereocenters. The zero-order valence-electron chi connectivity index (χ0n) is 12.1. The molecule has 2 nitrogen and oxygen atoms in total. The summed E-state index contributed by atoms with van der Waals surface area (Å²) in [6.07, 6.45) is 0.609. The van der Waals surface area contributed by atoms with Gasteiger partial charge in [0.25, 0.3) is 0 Å². The normalized spacial score (nSPS) is 13.8. The van der Waals surface area contributed by atoms with Crippen LogP contribution in [-0.2, 0) is 12.0 Å². The Balaban J connectivity index is 2.44. The van der Waals surface area contributed by atoms with Gasteiger partial charge in [0.1, 0.15) is 11.6 Å². The van der Waals surface area contributed by atoms with Crippen LogP contribution in [0.15, 0.2) is 42.5 Å². The van der Waals surface area contributed by atoms with Gasteiger partial charge in [0, 0.05) is 17.0 Å². The SMILES string of the molecule is CCC(O)(Cc1cc(Cl)ccc1OC)c1ccccc1F. The molecule has 0 amide bonds. The van der Waals surface area contributed by atoms with E-state index >= 15 is 0 Å². The lowest BCUT2D eigenvalue weighted by molar-refractivity contribution is 0.0286. The van der Waals surface area contributed by atoms with Gasteiger partial charge >= 0.3 is 0 Å². The van der Waals surface area contributed by atoms with Crippen LogP contribution in [0, 0.1) is 5.82 Å². The van der Waals surface area contributed by atoms with Crippen LogP contribution in [0.4, 0.5) is 4.39 Å². The number of hydrogen-bond donors (Lipinski definition) is 1. The summed E-state index contributed by atoms with van der Waals surface area (Å²) in [5.74, 6) is 0.213. The van der Waals surface area contributed by atoms with Crippen LogP contribution in [0.3, 0.4) is 0 Å². The summed E-state index contributed by atoms with van der Waals surface area (Å²) >= 11 is 6.01. The monoisotopic (exact) mass is 308 g/mol. The smallest absolute Gasteiger partial charge is 0.129 e. The van der Waals surface area contributed by atoms with Crippen LogP contribution in [0.25, 0.3) is 0 Å². The lowest BCUT2D eigenvalue weighted by Crippen LogP contribution is -2.29. The molecule has 1 atom stereocenters. The number of ether oxygens (including phenoxy) is 1. The van der Waals surface area contributed by atoms with Gasteiger partial charge in [-0.15, -0.1) is 0 Å². The predicted molar refractivity (Wildman–Crippen MR) is 82.3 cm³/mol. The Morgan fingerprint density at radius 3 is 2.57 bits per heavy atom. The summed E-state index contributed by atoms with van der Waals surface area (Å²) in [4.78, 5) is 0. The zero-order chi connectivity index (χ0) is 15.5. The third-order valence-corrected chi connectivity index (χ3v) is 3.92. The van der Waals surface area contributed by atoms with Gasteiger partial charge in [-0.25, -0.2) is 4.39 Å². The molecule has 1 N–H and O–H groups in total. The Kier molecular flexibility index (Phi) is 4.86. The molecule has 112 valence electrons. The number of halogens is 2. The fourth-order valence-electron chi connectivity index (χ4n) is 2.45. The summed E-state index contributed by atoms with van der Waals surface area (Å²) in [5, 5.41) is 11.5. The second-order valence-electron chi connectivity index (χ2n) is 5.00. The summed E-state index contributed by atoms with van der Waals surface area (Å²) in [7, 11) is 1.56. The highest BCUT2D eigenvalue weighted by molar-refractivity contribution is 6.30. The van der Waals surface area contributed by atoms with Gasteiger partial charge in [0.15, 0.2) is 0 Å². The van der Waals surface area contributed by atoms with Crippen molar-refractivity contribution in [1.29, 1.82) is 0 Å². The standard InChI is InChI=1S/C17H18ClFO2/c1-3-17(20,14-6-4-5-7-15(14)19)11-12-10-13(18)8-9-16(12)21-2/h4-10,20H,3,11H2,1-2H3. The topological polar surface area (TPSA) is 29.5 Å². The second kappa shape index (κ2) is 6.46. The van der Waals surface area contributed by atoms with Crippen molar-refractivity contribution < 1.29 is 14.2 Å². The molecule has 0 saturated heterocycles. The minimum Gasteiger partial charge on any atom is -0.496 e. The van der Waals surface area contributed by atoms with Gasteiger partial charge in [0.05, 0.1) is 12.7 Å². The molecule has 0 aliphatic carbocycles. The molecule has 0 fully saturated rings. The summed E-state index contributed by atoms with van der Waals surface area (Å²) in [5.41, 5.74) is -0.268. The van der Waals surface area contributed by atoms with Crippen molar-refractivity contribution in [2.75, 3.05) is 7.11 Å². The van der Waals surface area contributed by atoms with E-state index in [1.165, 1.54) is 6.07 Å². The first-order chi connectivity index (χ1) is 10.00. The van der Waals surface area contributed by atoms with Gasteiger partial charge in [0.2, 0.25) is 0 Å². The number of hydrogen-bond acceptors (Lipinski definition) is 2. The second-order valence-corrected chi connectivity index (χ2v) is 5.43. The maximum atomic E-state index is 14.0. The Morgan fingerprint density at radius 1 is 1.24 bits per heavy atom. The number of benzene rings is 2. The third-order valence-electron chi connectivity index (χ3n) is 3.69. The largest absolute Gasteiger partial charge is 0.496 e. The fourth-order valence-corrected chi connectivity index (χ4v) is 2.64. The minimum atomic E-state index is -1.30. The first kappa shape index (κ1) is 15.8. The van der Waals surface area contributed by atoms with Gasteiger partial charge in [-0.1, -0.05) is 36.7 Å². The third kappa shape index (κ3) is 3.36. The van der Waals surface area contributed by atoms with E-state index in [-0.39, 0.29) is 12.0 Å². The van der Waals surface area contributed by atoms with E-state index in [1.54, 1.807) is 43.5 Å². The van der Waals surface area contributed by atoms with E-state index in [0.29, 0.717) is 17.2 Å². The van der Waals surface area contributed by atoms with Crippen LogP contribution in [0.1, 0.15) is 24.5 Å². The minimum absolute atomic E-state index is 0.230. The molecule has 0 aliphatic heterocycles. The van der Waals surface area contributed by atoms with Gasteiger partial charge in [-0.3, -0.25) is 0 Å². The fraction of sp³-hybridized carbons (Fsp3) is 0.294. The first-order valence-corrected chi connectivity index (χ1v) is 7.18. The molecular formula is C17H18ClFO2. The van der Waals surface area contributed by atoms with Crippen molar-refractivity contribution in [3.63, 3.8) is 0 Å². The van der Waals surface area contributed by atoms with Crippen LogP contribution in [0.5, 0.6) is 5.75 Å². The van der Waals surface area contributed by atoms with Crippen molar-refractivity contribution in [1.82, 2.24) is 0 Å². The summed E-state index contributed by atoms with van der Waals surface area (Å²) < 4.78 is 19.3. The average molecular weight is 309 g/mol. The highest BCUT2D eigenvalue weighted by Crippen LogP contribution is 2.34.